The molecular formula is C13H11ClN2O3. The Morgan fingerprint density at radius 3 is 2.95 bits per heavy atom. The number of nitrogens with zero attached hydrogens (tertiary/aromatic N) is 2. The Hall–Kier alpha value is -2.01. The van der Waals surface area contributed by atoms with E-state index in [0.29, 0.717) is 24.2 Å². The topological polar surface area (TPSA) is 53.4 Å². The van der Waals surface area contributed by atoms with Crippen LogP contribution < -0.4 is 15.0 Å². The van der Waals surface area contributed by atoms with Crippen LogP contribution in [0.1, 0.15) is 0 Å². The van der Waals surface area contributed by atoms with Gasteiger partial charge in [0.1, 0.15) is 12.4 Å². The molecule has 0 radical (unpaired) electrons. The van der Waals surface area contributed by atoms with E-state index in [1.807, 2.05) is 0 Å². The molecule has 1 aromatic carbocycles. The van der Waals surface area contributed by atoms with Crippen LogP contribution in [-0.4, -0.2) is 22.3 Å². The summed E-state index contributed by atoms with van der Waals surface area (Å²) in [6.07, 6.45) is 1.53. The van der Waals surface area contributed by atoms with Crippen molar-refractivity contribution in [3.63, 3.8) is 0 Å². The lowest BCUT2D eigenvalue weighted by Gasteiger charge is -2.10. The molecule has 1 aliphatic rings. The third-order valence-electron chi connectivity index (χ3n) is 2.77. The summed E-state index contributed by atoms with van der Waals surface area (Å²) in [5, 5.41) is 0.666. The third kappa shape index (κ3) is 2.71. The summed E-state index contributed by atoms with van der Waals surface area (Å²) < 4.78 is 12.9. The number of fused-ring (bicyclic) bond motifs is 1. The lowest BCUT2D eigenvalue weighted by Crippen LogP contribution is -2.23. The summed E-state index contributed by atoms with van der Waals surface area (Å²) >= 11 is 5.79. The van der Waals surface area contributed by atoms with Crippen molar-refractivity contribution in [1.82, 2.24) is 9.55 Å². The number of halogens is 1. The third-order valence-corrected chi connectivity index (χ3v) is 3.02. The molecule has 0 aliphatic carbocycles. The van der Waals surface area contributed by atoms with E-state index in [1.165, 1.54) is 6.07 Å². The molecule has 0 bridgehead atoms. The predicted octanol–water partition coefficient (Wildman–Crippen LogP) is 1.74. The average molecular weight is 279 g/mol. The highest BCUT2D eigenvalue weighted by Gasteiger charge is 2.23. The number of aromatic nitrogens is 2. The first-order chi connectivity index (χ1) is 9.20. The highest BCUT2D eigenvalue weighted by Crippen LogP contribution is 2.19. The van der Waals surface area contributed by atoms with Crippen molar-refractivity contribution in [3.8, 4) is 11.8 Å². The van der Waals surface area contributed by atoms with E-state index in [4.69, 9.17) is 21.1 Å². The van der Waals surface area contributed by atoms with Crippen molar-refractivity contribution < 1.29 is 9.47 Å². The zero-order chi connectivity index (χ0) is 13.2. The molecule has 0 fully saturated rings. The van der Waals surface area contributed by atoms with E-state index >= 15 is 0 Å². The molecule has 19 heavy (non-hydrogen) atoms. The van der Waals surface area contributed by atoms with Crippen molar-refractivity contribution in [3.05, 3.63) is 51.9 Å². The van der Waals surface area contributed by atoms with Crippen molar-refractivity contribution in [1.29, 1.82) is 0 Å². The summed E-state index contributed by atoms with van der Waals surface area (Å²) in [4.78, 5) is 14.9. The maximum Gasteiger partial charge on any atom is 0.300 e. The van der Waals surface area contributed by atoms with Gasteiger partial charge in [0.15, 0.2) is 6.10 Å². The quantitative estimate of drug-likeness (QED) is 0.858. The van der Waals surface area contributed by atoms with Crippen molar-refractivity contribution in [2.45, 2.75) is 12.6 Å². The number of ether oxygens (including phenoxy) is 2. The number of rotatable bonds is 3. The van der Waals surface area contributed by atoms with E-state index in [1.54, 1.807) is 35.0 Å². The van der Waals surface area contributed by atoms with Gasteiger partial charge >= 0.3 is 0 Å². The van der Waals surface area contributed by atoms with Gasteiger partial charge in [0.25, 0.3) is 11.6 Å². The Kier molecular flexibility index (Phi) is 3.13. The molecule has 0 N–H and O–H groups in total. The molecular weight excluding hydrogens is 268 g/mol. The Morgan fingerprint density at radius 2 is 2.16 bits per heavy atom. The van der Waals surface area contributed by atoms with Gasteiger partial charge in [0, 0.05) is 17.3 Å². The summed E-state index contributed by atoms with van der Waals surface area (Å²) in [5.41, 5.74) is -0.300. The molecule has 6 heteroatoms. The molecule has 3 rings (SSSR count). The van der Waals surface area contributed by atoms with Crippen molar-refractivity contribution in [2.75, 3.05) is 6.61 Å². The fourth-order valence-corrected chi connectivity index (χ4v) is 1.98. The molecule has 1 atom stereocenters. The lowest BCUT2D eigenvalue weighted by atomic mass is 10.3. The zero-order valence-corrected chi connectivity index (χ0v) is 10.7. The molecule has 5 nitrogen and oxygen atoms in total. The van der Waals surface area contributed by atoms with Crippen LogP contribution in [-0.2, 0) is 6.54 Å². The standard InChI is InChI=1S/C13H11ClN2O3/c14-9-1-3-10(4-2-9)18-8-11-7-16-6-5-12(17)15-13(16)19-11/h1-6,11H,7-8H2. The van der Waals surface area contributed by atoms with Crippen LogP contribution in [0.3, 0.4) is 0 Å². The zero-order valence-electron chi connectivity index (χ0n) is 9.95. The van der Waals surface area contributed by atoms with E-state index in [9.17, 15) is 4.79 Å². The van der Waals surface area contributed by atoms with Gasteiger partial charge in [-0.05, 0) is 24.3 Å². The smallest absolute Gasteiger partial charge is 0.300 e. The van der Waals surface area contributed by atoms with Gasteiger partial charge in [-0.1, -0.05) is 11.6 Å². The normalized spacial score (nSPS) is 16.8. The fraction of sp³-hybridized carbons (Fsp3) is 0.231. The highest BCUT2D eigenvalue weighted by atomic mass is 35.5. The highest BCUT2D eigenvalue weighted by molar-refractivity contribution is 6.30. The van der Waals surface area contributed by atoms with Gasteiger partial charge in [-0.15, -0.1) is 0 Å². The van der Waals surface area contributed by atoms with E-state index in [2.05, 4.69) is 4.98 Å². The Balaban J connectivity index is 1.61. The van der Waals surface area contributed by atoms with Crippen LogP contribution in [0, 0.1) is 0 Å². The summed E-state index contributed by atoms with van der Waals surface area (Å²) in [6, 6.07) is 8.88. The average Bonchev–Trinajstić information content (AvgIpc) is 2.80. The molecule has 0 saturated carbocycles. The number of hydrogen-bond acceptors (Lipinski definition) is 4. The second kappa shape index (κ2) is 4.93. The summed E-state index contributed by atoms with van der Waals surface area (Å²) in [6.45, 7) is 1.01. The van der Waals surface area contributed by atoms with Gasteiger partial charge in [0.2, 0.25) is 0 Å². The maximum atomic E-state index is 11.1. The second-order valence-corrected chi connectivity index (χ2v) is 4.64. The molecule has 1 aromatic heterocycles. The van der Waals surface area contributed by atoms with Gasteiger partial charge in [-0.3, -0.25) is 9.36 Å². The van der Waals surface area contributed by atoms with Crippen molar-refractivity contribution in [2.24, 2.45) is 0 Å². The molecule has 1 aliphatic heterocycles. The lowest BCUT2D eigenvalue weighted by molar-refractivity contribution is 0.143. The first-order valence-electron chi connectivity index (χ1n) is 5.83. The van der Waals surface area contributed by atoms with E-state index in [-0.39, 0.29) is 11.7 Å². The minimum atomic E-state index is -0.300. The minimum Gasteiger partial charge on any atom is -0.490 e. The molecule has 0 spiro atoms. The van der Waals surface area contributed by atoms with Crippen LogP contribution in [0.5, 0.6) is 11.8 Å². The van der Waals surface area contributed by atoms with Crippen LogP contribution in [0.15, 0.2) is 41.3 Å². The van der Waals surface area contributed by atoms with Crippen LogP contribution in [0.4, 0.5) is 0 Å². The summed E-state index contributed by atoms with van der Waals surface area (Å²) in [7, 11) is 0. The van der Waals surface area contributed by atoms with Gasteiger partial charge in [-0.25, -0.2) is 0 Å². The molecule has 2 heterocycles. The largest absolute Gasteiger partial charge is 0.490 e. The SMILES string of the molecule is O=c1ccn2c(n1)OC(COc1ccc(Cl)cc1)C2. The first-order valence-corrected chi connectivity index (χ1v) is 6.21. The number of hydrogen-bond donors (Lipinski definition) is 0. The second-order valence-electron chi connectivity index (χ2n) is 4.21. The Bertz CT molecular complexity index is 639. The van der Waals surface area contributed by atoms with Gasteiger partial charge in [-0.2, -0.15) is 4.98 Å². The number of benzene rings is 1. The van der Waals surface area contributed by atoms with E-state index < -0.39 is 0 Å². The minimum absolute atomic E-state index is 0.148. The van der Waals surface area contributed by atoms with Crippen LogP contribution in [0.25, 0.3) is 0 Å². The Labute approximate surface area is 114 Å². The monoisotopic (exact) mass is 278 g/mol. The van der Waals surface area contributed by atoms with E-state index in [0.717, 1.165) is 5.75 Å². The summed E-state index contributed by atoms with van der Waals surface area (Å²) in [5.74, 6) is 0.728. The first kappa shape index (κ1) is 12.0. The molecule has 0 saturated heterocycles. The van der Waals surface area contributed by atoms with Crippen molar-refractivity contribution >= 4 is 11.6 Å². The predicted molar refractivity (Wildman–Crippen MR) is 69.9 cm³/mol. The molecule has 0 amide bonds. The van der Waals surface area contributed by atoms with Crippen LogP contribution in [0.2, 0.25) is 5.02 Å². The fourth-order valence-electron chi connectivity index (χ4n) is 1.86. The van der Waals surface area contributed by atoms with Gasteiger partial charge in [0.05, 0.1) is 6.54 Å². The maximum absolute atomic E-state index is 11.1. The molecule has 98 valence electrons. The van der Waals surface area contributed by atoms with Crippen LogP contribution >= 0.6 is 11.6 Å². The van der Waals surface area contributed by atoms with Gasteiger partial charge < -0.3 is 9.47 Å². The molecule has 1 unspecified atom stereocenters. The Morgan fingerprint density at radius 1 is 1.37 bits per heavy atom. The molecule has 2 aromatic rings.